The number of carbonyl (C=O) groups excluding carboxylic acids is 1. The summed E-state index contributed by atoms with van der Waals surface area (Å²) in [7, 11) is 1.94. The number of hydrogen-bond donors (Lipinski definition) is 0. The zero-order valence-corrected chi connectivity index (χ0v) is 27.4. The average Bonchev–Trinajstić information content (AvgIpc) is 3.43. The molecule has 3 aromatic heterocycles. The van der Waals surface area contributed by atoms with Gasteiger partial charge in [0, 0.05) is 93.4 Å². The van der Waals surface area contributed by atoms with E-state index in [1.165, 1.54) is 35.7 Å². The first-order valence-corrected chi connectivity index (χ1v) is 16.4. The van der Waals surface area contributed by atoms with Crippen molar-refractivity contribution in [2.24, 2.45) is 12.5 Å². The number of aryl methyl sites for hydroxylation is 1. The van der Waals surface area contributed by atoms with Gasteiger partial charge >= 0.3 is 0 Å². The largest absolute Gasteiger partial charge is 0.490 e. The number of hydrogen-bond acceptors (Lipinski definition) is 9. The molecule has 12 heteroatoms. The minimum atomic E-state index is -0.495. The van der Waals surface area contributed by atoms with Crippen molar-refractivity contribution in [3.05, 3.63) is 83.6 Å². The van der Waals surface area contributed by atoms with E-state index in [1.54, 1.807) is 11.1 Å². The van der Waals surface area contributed by atoms with Gasteiger partial charge in [-0.3, -0.25) is 19.4 Å². The SMILES string of the molecule is CCN(C(=O)c1cc(F)ccc1Oc1cncnc1N1CC2(CC(Oc3ccnc4c3CN(Cc3cnn(C)c3)CC4)C2)C1)C(C)C. The summed E-state index contributed by atoms with van der Waals surface area (Å²) < 4.78 is 29.0. The Kier molecular flexibility index (Phi) is 8.29. The monoisotopic (exact) mass is 640 g/mol. The van der Waals surface area contributed by atoms with Gasteiger partial charge in [-0.25, -0.2) is 14.4 Å². The number of amides is 1. The molecule has 4 aromatic rings. The fourth-order valence-electron chi connectivity index (χ4n) is 7.26. The fourth-order valence-corrected chi connectivity index (χ4v) is 7.26. The molecule has 1 spiro atoms. The first-order valence-electron chi connectivity index (χ1n) is 16.4. The Morgan fingerprint density at radius 1 is 1.13 bits per heavy atom. The lowest BCUT2D eigenvalue weighted by Gasteiger charge is -2.59. The molecule has 3 aliphatic rings. The second-order valence-electron chi connectivity index (χ2n) is 13.4. The standard InChI is InChI=1S/C35H41FN8O3/c1-5-44(23(2)3)34(45)27-12-25(36)6-7-30(27)47-32-16-37-22-39-33(32)43-20-35(21-43)13-26(14-35)46-31-8-10-38-29-9-11-42(19-28(29)31)18-24-15-40-41(4)17-24/h6-8,10,12,15-17,22-23,26H,5,9,11,13-14,18-21H2,1-4H3. The number of pyridine rings is 1. The van der Waals surface area contributed by atoms with Crippen molar-refractivity contribution in [2.75, 3.05) is 31.1 Å². The Hall–Kier alpha value is -4.58. The summed E-state index contributed by atoms with van der Waals surface area (Å²) in [6, 6.07) is 5.99. The fraction of sp³-hybridized carbons (Fsp3) is 0.457. The number of nitrogens with zero attached hydrogens (tertiary/aromatic N) is 8. The lowest BCUT2D eigenvalue weighted by Crippen LogP contribution is -2.65. The van der Waals surface area contributed by atoms with E-state index in [1.807, 2.05) is 51.0 Å². The first kappa shape index (κ1) is 31.0. The minimum absolute atomic E-state index is 0.0390. The lowest BCUT2D eigenvalue weighted by molar-refractivity contribution is -0.0353. The molecular formula is C35H41FN8O3. The van der Waals surface area contributed by atoms with E-state index in [2.05, 4.69) is 36.0 Å². The molecule has 0 radical (unpaired) electrons. The van der Waals surface area contributed by atoms with Crippen molar-refractivity contribution in [2.45, 2.75) is 65.3 Å². The average molecular weight is 641 g/mol. The van der Waals surface area contributed by atoms with Crippen LogP contribution in [0.1, 0.15) is 60.8 Å². The molecule has 11 nitrogen and oxygen atoms in total. The van der Waals surface area contributed by atoms with Crippen LogP contribution in [0.15, 0.2) is 55.4 Å². The molecule has 1 aromatic carbocycles. The van der Waals surface area contributed by atoms with Crippen LogP contribution in [0.3, 0.4) is 0 Å². The van der Waals surface area contributed by atoms with Gasteiger partial charge in [0.05, 0.1) is 18.0 Å². The predicted molar refractivity (Wildman–Crippen MR) is 174 cm³/mol. The molecular weight excluding hydrogens is 599 g/mol. The van der Waals surface area contributed by atoms with Crippen molar-refractivity contribution in [3.63, 3.8) is 0 Å². The van der Waals surface area contributed by atoms with Gasteiger partial charge in [-0.2, -0.15) is 5.10 Å². The van der Waals surface area contributed by atoms with Gasteiger partial charge in [-0.15, -0.1) is 0 Å². The second-order valence-corrected chi connectivity index (χ2v) is 13.4. The molecule has 1 aliphatic carbocycles. The second kappa shape index (κ2) is 12.6. The lowest BCUT2D eigenvalue weighted by atomic mass is 9.61. The molecule has 1 amide bonds. The van der Waals surface area contributed by atoms with Crippen molar-refractivity contribution >= 4 is 11.7 Å². The van der Waals surface area contributed by atoms with Gasteiger partial charge in [-0.05, 0) is 57.9 Å². The van der Waals surface area contributed by atoms with Gasteiger partial charge in [0.1, 0.15) is 29.7 Å². The van der Waals surface area contributed by atoms with Crippen LogP contribution >= 0.6 is 0 Å². The number of anilines is 1. The summed E-state index contributed by atoms with van der Waals surface area (Å²) in [6.07, 6.45) is 11.9. The van der Waals surface area contributed by atoms with E-state index in [0.717, 1.165) is 63.4 Å². The van der Waals surface area contributed by atoms with Crippen molar-refractivity contribution in [1.29, 1.82) is 0 Å². The van der Waals surface area contributed by atoms with Crippen LogP contribution < -0.4 is 14.4 Å². The molecule has 1 saturated heterocycles. The molecule has 246 valence electrons. The van der Waals surface area contributed by atoms with Crippen LogP contribution in [0.5, 0.6) is 17.2 Å². The van der Waals surface area contributed by atoms with Crippen LogP contribution in [0.2, 0.25) is 0 Å². The summed E-state index contributed by atoms with van der Waals surface area (Å²) >= 11 is 0. The predicted octanol–water partition coefficient (Wildman–Crippen LogP) is 5.01. The quantitative estimate of drug-likeness (QED) is 0.237. The molecule has 0 unspecified atom stereocenters. The van der Waals surface area contributed by atoms with Gasteiger partial charge in [0.15, 0.2) is 11.6 Å². The summed E-state index contributed by atoms with van der Waals surface area (Å²) in [5.41, 5.74) is 3.85. The Morgan fingerprint density at radius 2 is 1.96 bits per heavy atom. The molecule has 0 bridgehead atoms. The smallest absolute Gasteiger partial charge is 0.257 e. The number of ether oxygens (including phenoxy) is 2. The molecule has 2 aliphatic heterocycles. The zero-order chi connectivity index (χ0) is 32.7. The van der Waals surface area contributed by atoms with E-state index in [-0.39, 0.29) is 34.8 Å². The van der Waals surface area contributed by atoms with Crippen LogP contribution in [0.25, 0.3) is 0 Å². The van der Waals surface area contributed by atoms with Gasteiger partial charge in [0.2, 0.25) is 0 Å². The van der Waals surface area contributed by atoms with Crippen LogP contribution in [-0.2, 0) is 26.6 Å². The Balaban J connectivity index is 0.989. The maximum atomic E-state index is 14.3. The third kappa shape index (κ3) is 6.26. The Bertz CT molecular complexity index is 1760. The molecule has 0 atom stereocenters. The highest BCUT2D eigenvalue weighted by molar-refractivity contribution is 5.97. The molecule has 5 heterocycles. The minimum Gasteiger partial charge on any atom is -0.490 e. The summed E-state index contributed by atoms with van der Waals surface area (Å²) in [5, 5.41) is 4.31. The molecule has 1 saturated carbocycles. The van der Waals surface area contributed by atoms with Crippen LogP contribution in [0.4, 0.5) is 10.2 Å². The Morgan fingerprint density at radius 3 is 2.70 bits per heavy atom. The van der Waals surface area contributed by atoms with E-state index >= 15 is 0 Å². The third-order valence-corrected chi connectivity index (χ3v) is 9.56. The van der Waals surface area contributed by atoms with E-state index in [4.69, 9.17) is 9.47 Å². The number of carbonyl (C=O) groups is 1. The number of fused-ring (bicyclic) bond motifs is 1. The number of benzene rings is 1. The van der Waals surface area contributed by atoms with E-state index in [0.29, 0.717) is 18.1 Å². The normalized spacial score (nSPS) is 17.3. The molecule has 0 N–H and O–H groups in total. The molecule has 7 rings (SSSR count). The van der Waals surface area contributed by atoms with Gasteiger partial charge in [0.25, 0.3) is 5.91 Å². The number of rotatable bonds is 10. The first-order chi connectivity index (χ1) is 22.7. The summed E-state index contributed by atoms with van der Waals surface area (Å²) in [6.45, 7) is 10.5. The van der Waals surface area contributed by atoms with Gasteiger partial charge < -0.3 is 19.3 Å². The highest BCUT2D eigenvalue weighted by atomic mass is 19.1. The summed E-state index contributed by atoms with van der Waals surface area (Å²) in [5.74, 6) is 1.53. The number of halogens is 1. The summed E-state index contributed by atoms with van der Waals surface area (Å²) in [4.78, 5) is 33.0. The molecule has 47 heavy (non-hydrogen) atoms. The van der Waals surface area contributed by atoms with Gasteiger partial charge in [-0.1, -0.05) is 0 Å². The van der Waals surface area contributed by atoms with Crippen LogP contribution in [-0.4, -0.2) is 78.8 Å². The zero-order valence-electron chi connectivity index (χ0n) is 27.4. The Labute approximate surface area is 274 Å². The third-order valence-electron chi connectivity index (χ3n) is 9.56. The highest BCUT2D eigenvalue weighted by Gasteiger charge is 2.54. The maximum absolute atomic E-state index is 14.3. The molecule has 2 fully saturated rings. The van der Waals surface area contributed by atoms with Crippen LogP contribution in [0, 0.1) is 11.2 Å². The highest BCUT2D eigenvalue weighted by Crippen LogP contribution is 2.52. The van der Waals surface area contributed by atoms with Crippen molar-refractivity contribution in [1.82, 2.24) is 34.5 Å². The maximum Gasteiger partial charge on any atom is 0.257 e. The number of aromatic nitrogens is 5. The van der Waals surface area contributed by atoms with Crippen molar-refractivity contribution in [3.8, 4) is 17.2 Å². The van der Waals surface area contributed by atoms with E-state index < -0.39 is 5.82 Å². The van der Waals surface area contributed by atoms with E-state index in [9.17, 15) is 9.18 Å². The van der Waals surface area contributed by atoms with Crippen molar-refractivity contribution < 1.29 is 18.7 Å². The topological polar surface area (TPSA) is 102 Å².